The molecular weight excluding hydrogens is 809 g/mol. The fraction of sp³-hybridized carbons (Fsp3) is 0.500. The van der Waals surface area contributed by atoms with Crippen molar-refractivity contribution in [3.63, 3.8) is 0 Å². The zero-order chi connectivity index (χ0) is 41.9. The predicted octanol–water partition coefficient (Wildman–Crippen LogP) is 13.3. The Hall–Kier alpha value is -2.44. The summed E-state index contributed by atoms with van der Waals surface area (Å²) in [5.74, 6) is 1.16. The van der Waals surface area contributed by atoms with Crippen LogP contribution < -0.4 is 9.47 Å². The van der Waals surface area contributed by atoms with E-state index >= 15 is 0 Å². The van der Waals surface area contributed by atoms with E-state index in [0.717, 1.165) is 49.7 Å². The fourth-order valence-electron chi connectivity index (χ4n) is 6.84. The first kappa shape index (κ1) is 52.7. The molecule has 0 aliphatic heterocycles. The van der Waals surface area contributed by atoms with Gasteiger partial charge in [0.15, 0.2) is 0 Å². The van der Waals surface area contributed by atoms with Gasteiger partial charge in [0, 0.05) is 0 Å². The van der Waals surface area contributed by atoms with Crippen LogP contribution in [0.1, 0.15) is 153 Å². The molecule has 4 rings (SSSR count). The van der Waals surface area contributed by atoms with E-state index in [9.17, 15) is 25.9 Å². The van der Waals surface area contributed by atoms with Gasteiger partial charge in [-0.05, 0) is 85.3 Å². The molecule has 0 atom stereocenters. The standard InChI is InChI=1S/2C24H34O4S.Ca/c2*1-2-3-4-5-6-7-8-9-10-12-15-21-18-19-23(24(20-21)29(25,26)27)28-22-16-13-11-14-17-22;/h2*11,13-14,16-20H,2-10,12,15H2,1H3,(H,25,26,27);/q;;+2/p-2. The quantitative estimate of drug-likeness (QED) is 0.0313. The summed E-state index contributed by atoms with van der Waals surface area (Å²) in [5, 5.41) is 0. The molecule has 4 aromatic carbocycles. The first-order valence-corrected chi connectivity index (χ1v) is 24.5. The van der Waals surface area contributed by atoms with Crippen molar-refractivity contribution in [3.05, 3.63) is 108 Å². The van der Waals surface area contributed by atoms with Gasteiger partial charge in [-0.25, -0.2) is 16.8 Å². The zero-order valence-corrected chi connectivity index (χ0v) is 39.4. The Morgan fingerprint density at radius 1 is 0.407 bits per heavy atom. The zero-order valence-electron chi connectivity index (χ0n) is 35.6. The topological polar surface area (TPSA) is 133 Å². The van der Waals surface area contributed by atoms with Gasteiger partial charge < -0.3 is 18.6 Å². The second-order valence-electron chi connectivity index (χ2n) is 15.2. The Bertz CT molecular complexity index is 1780. The van der Waals surface area contributed by atoms with Crippen molar-refractivity contribution in [1.29, 1.82) is 0 Å². The van der Waals surface area contributed by atoms with Crippen molar-refractivity contribution in [1.82, 2.24) is 0 Å². The number of hydrogen-bond donors (Lipinski definition) is 0. The van der Waals surface area contributed by atoms with Crippen LogP contribution in [0.25, 0.3) is 0 Å². The molecule has 0 unspecified atom stereocenters. The summed E-state index contributed by atoms with van der Waals surface area (Å²) in [6.45, 7) is 4.47. The van der Waals surface area contributed by atoms with Gasteiger partial charge in [0.1, 0.15) is 43.2 Å². The third-order valence-corrected chi connectivity index (χ3v) is 11.9. The van der Waals surface area contributed by atoms with Crippen molar-refractivity contribution in [3.8, 4) is 23.0 Å². The SMILES string of the molecule is CCCCCCCCCCCCc1ccc(Oc2ccccc2)c(S(=O)(=O)[O-])c1.CCCCCCCCCCCCc1ccc(Oc2ccccc2)c(S(=O)(=O)[O-])c1.[Ca+2]. The molecule has 0 amide bonds. The number of benzene rings is 4. The summed E-state index contributed by atoms with van der Waals surface area (Å²) in [5.41, 5.74) is 1.72. The number of para-hydroxylation sites is 2. The second-order valence-corrected chi connectivity index (χ2v) is 17.9. The smallest absolute Gasteiger partial charge is 0.744 e. The molecule has 0 aromatic heterocycles. The maximum atomic E-state index is 11.7. The van der Waals surface area contributed by atoms with Crippen LogP contribution in [0.5, 0.6) is 23.0 Å². The van der Waals surface area contributed by atoms with Crippen molar-refractivity contribution in [2.45, 2.75) is 165 Å². The van der Waals surface area contributed by atoms with E-state index in [-0.39, 0.29) is 59.0 Å². The summed E-state index contributed by atoms with van der Waals surface area (Å²) >= 11 is 0. The molecule has 0 aliphatic rings. The Labute approximate surface area is 386 Å². The summed E-state index contributed by atoms with van der Waals surface area (Å²) < 4.78 is 81.5. The molecule has 0 radical (unpaired) electrons. The summed E-state index contributed by atoms with van der Waals surface area (Å²) in [7, 11) is -9.21. The molecule has 0 aliphatic carbocycles. The van der Waals surface area contributed by atoms with Gasteiger partial charge in [0.2, 0.25) is 0 Å². The molecule has 0 N–H and O–H groups in total. The fourth-order valence-corrected chi connectivity index (χ4v) is 8.14. The first-order valence-electron chi connectivity index (χ1n) is 21.6. The normalized spacial score (nSPS) is 11.3. The van der Waals surface area contributed by atoms with Gasteiger partial charge in [-0.15, -0.1) is 0 Å². The van der Waals surface area contributed by atoms with Crippen LogP contribution in [-0.2, 0) is 33.1 Å². The van der Waals surface area contributed by atoms with Crippen LogP contribution in [0.4, 0.5) is 0 Å². The van der Waals surface area contributed by atoms with Gasteiger partial charge in [-0.1, -0.05) is 178 Å². The minimum absolute atomic E-state index is 0. The third-order valence-electron chi connectivity index (χ3n) is 10.1. The largest absolute Gasteiger partial charge is 2.00 e. The summed E-state index contributed by atoms with van der Waals surface area (Å²) in [4.78, 5) is -0.572. The maximum absolute atomic E-state index is 11.7. The van der Waals surface area contributed by atoms with Gasteiger partial charge in [-0.3, -0.25) is 0 Å². The first-order chi connectivity index (χ1) is 28.0. The van der Waals surface area contributed by atoms with Crippen molar-refractivity contribution >= 4 is 58.0 Å². The second kappa shape index (κ2) is 30.6. The van der Waals surface area contributed by atoms with Crippen molar-refractivity contribution in [2.75, 3.05) is 0 Å². The summed E-state index contributed by atoms with van der Waals surface area (Å²) in [6.07, 6.45) is 26.6. The molecule has 0 bridgehead atoms. The van der Waals surface area contributed by atoms with E-state index in [2.05, 4.69) is 13.8 Å². The van der Waals surface area contributed by atoms with E-state index in [4.69, 9.17) is 9.47 Å². The van der Waals surface area contributed by atoms with Crippen LogP contribution in [0, 0.1) is 0 Å². The number of hydrogen-bond acceptors (Lipinski definition) is 8. The molecule has 0 spiro atoms. The molecule has 4 aromatic rings. The third kappa shape index (κ3) is 22.8. The van der Waals surface area contributed by atoms with E-state index in [1.54, 1.807) is 60.7 Å². The Kier molecular flexibility index (Phi) is 27.3. The van der Waals surface area contributed by atoms with Crippen molar-refractivity contribution < 1.29 is 35.4 Å². The molecule has 8 nitrogen and oxygen atoms in total. The molecule has 0 fully saturated rings. The van der Waals surface area contributed by atoms with Crippen LogP contribution in [0.15, 0.2) is 107 Å². The number of aryl methyl sites for hydroxylation is 2. The minimum Gasteiger partial charge on any atom is -0.744 e. The molecule has 11 heteroatoms. The number of rotatable bonds is 28. The van der Waals surface area contributed by atoms with E-state index < -0.39 is 20.2 Å². The Morgan fingerprint density at radius 2 is 0.695 bits per heavy atom. The maximum Gasteiger partial charge on any atom is 2.00 e. The van der Waals surface area contributed by atoms with Crippen LogP contribution >= 0.6 is 0 Å². The van der Waals surface area contributed by atoms with Gasteiger partial charge >= 0.3 is 37.7 Å². The van der Waals surface area contributed by atoms with Crippen molar-refractivity contribution in [2.24, 2.45) is 0 Å². The average molecular weight is 875 g/mol. The minimum atomic E-state index is -4.60. The Morgan fingerprint density at radius 3 is 0.983 bits per heavy atom. The molecule has 0 saturated heterocycles. The molecule has 320 valence electrons. The van der Waals surface area contributed by atoms with Crippen LogP contribution in [-0.4, -0.2) is 63.7 Å². The Balaban J connectivity index is 0.000000400. The van der Waals surface area contributed by atoms with Gasteiger partial charge in [0.05, 0.1) is 9.79 Å². The number of ether oxygens (including phenoxy) is 2. The van der Waals surface area contributed by atoms with E-state index in [1.165, 1.54) is 115 Å². The number of unbranched alkanes of at least 4 members (excludes halogenated alkanes) is 18. The van der Waals surface area contributed by atoms with Crippen LogP contribution in [0.3, 0.4) is 0 Å². The summed E-state index contributed by atoms with van der Waals surface area (Å²) in [6, 6.07) is 27.5. The average Bonchev–Trinajstić information content (AvgIpc) is 3.20. The molecule has 0 saturated carbocycles. The van der Waals surface area contributed by atoms with Gasteiger partial charge in [-0.2, -0.15) is 0 Å². The predicted molar refractivity (Wildman–Crippen MR) is 239 cm³/mol. The molecule has 59 heavy (non-hydrogen) atoms. The van der Waals surface area contributed by atoms with E-state index in [0.29, 0.717) is 11.5 Å². The van der Waals surface area contributed by atoms with Gasteiger partial charge in [0.25, 0.3) is 0 Å². The molecule has 0 heterocycles. The van der Waals surface area contributed by atoms with Crippen LogP contribution in [0.2, 0.25) is 0 Å². The van der Waals surface area contributed by atoms with E-state index in [1.807, 2.05) is 24.3 Å². The molecular formula is C48H66CaO8S2. The monoisotopic (exact) mass is 874 g/mol.